The molecule has 2 heterocycles. The van der Waals surface area contributed by atoms with E-state index in [0.29, 0.717) is 29.0 Å². The topological polar surface area (TPSA) is 34.9 Å². The fourth-order valence-electron chi connectivity index (χ4n) is 1.64. The third-order valence-corrected chi connectivity index (χ3v) is 3.25. The van der Waals surface area contributed by atoms with Gasteiger partial charge in [0.25, 0.3) is 5.56 Å². The fraction of sp³-hybridized carbons (Fsp3) is 0.167. The number of aromatic nitrogens is 2. The second-order valence-corrected chi connectivity index (χ2v) is 5.02. The highest BCUT2D eigenvalue weighted by Gasteiger charge is 2.35. The van der Waals surface area contributed by atoms with Crippen LogP contribution < -0.4 is 5.56 Å². The number of halogens is 8. The Balaban J connectivity index is 2.66. The van der Waals surface area contributed by atoms with E-state index in [1.807, 2.05) is 0 Å². The molecule has 2 aromatic rings. The minimum Gasteiger partial charge on any atom is -0.267 e. The summed E-state index contributed by atoms with van der Waals surface area (Å²) in [6.07, 6.45) is -9.23. The van der Waals surface area contributed by atoms with E-state index in [0.717, 1.165) is 0 Å². The Morgan fingerprint density at radius 3 is 2.09 bits per heavy atom. The number of alkyl halides is 6. The van der Waals surface area contributed by atoms with E-state index in [1.165, 1.54) is 0 Å². The summed E-state index contributed by atoms with van der Waals surface area (Å²) >= 11 is 10.8. The van der Waals surface area contributed by atoms with Crippen molar-refractivity contribution in [1.82, 2.24) is 9.55 Å². The molecule has 0 saturated heterocycles. The normalized spacial score (nSPS) is 12.5. The van der Waals surface area contributed by atoms with Gasteiger partial charge < -0.3 is 0 Å². The molecule has 0 atom stereocenters. The van der Waals surface area contributed by atoms with E-state index in [4.69, 9.17) is 23.2 Å². The summed E-state index contributed by atoms with van der Waals surface area (Å²) in [5, 5.41) is -1.77. The first-order valence-electron chi connectivity index (χ1n) is 5.65. The van der Waals surface area contributed by atoms with Crippen molar-refractivity contribution >= 4 is 23.2 Å². The Morgan fingerprint density at radius 2 is 1.61 bits per heavy atom. The maximum absolute atomic E-state index is 12.7. The van der Waals surface area contributed by atoms with Crippen molar-refractivity contribution in [3.05, 3.63) is 56.1 Å². The van der Waals surface area contributed by atoms with Gasteiger partial charge in [0.2, 0.25) is 0 Å². The third-order valence-electron chi connectivity index (χ3n) is 2.69. The smallest absolute Gasteiger partial charge is 0.267 e. The molecule has 11 heteroatoms. The lowest BCUT2D eigenvalue weighted by Gasteiger charge is -2.13. The number of hydrogen-bond acceptors (Lipinski definition) is 2. The quantitative estimate of drug-likeness (QED) is 0.539. The van der Waals surface area contributed by atoms with Crippen molar-refractivity contribution in [1.29, 1.82) is 0 Å². The largest absolute Gasteiger partial charge is 0.419 e. The highest BCUT2D eigenvalue weighted by Crippen LogP contribution is 2.34. The number of rotatable bonds is 1. The van der Waals surface area contributed by atoms with Crippen molar-refractivity contribution in [2.45, 2.75) is 12.4 Å². The van der Waals surface area contributed by atoms with Crippen molar-refractivity contribution in [2.24, 2.45) is 0 Å². The molecule has 0 spiro atoms. The second-order valence-electron chi connectivity index (χ2n) is 4.26. The highest BCUT2D eigenvalue weighted by atomic mass is 35.5. The lowest BCUT2D eigenvalue weighted by Crippen LogP contribution is -2.22. The molecule has 2 rings (SSSR count). The predicted octanol–water partition coefficient (Wildman–Crippen LogP) is 4.58. The van der Waals surface area contributed by atoms with Crippen LogP contribution >= 0.6 is 23.2 Å². The first-order valence-corrected chi connectivity index (χ1v) is 6.40. The fourth-order valence-corrected chi connectivity index (χ4v) is 2.11. The number of hydrogen-bond donors (Lipinski definition) is 0. The molecule has 0 saturated carbocycles. The minimum atomic E-state index is -4.81. The summed E-state index contributed by atoms with van der Waals surface area (Å²) in [5.41, 5.74) is -3.63. The van der Waals surface area contributed by atoms with Crippen LogP contribution in [0.5, 0.6) is 0 Å². The molecular weight excluding hydrogens is 373 g/mol. The molecule has 23 heavy (non-hydrogen) atoms. The Labute approximate surface area is 134 Å². The molecule has 0 fully saturated rings. The zero-order valence-electron chi connectivity index (χ0n) is 10.6. The van der Waals surface area contributed by atoms with E-state index in [2.05, 4.69) is 4.98 Å². The number of pyridine rings is 2. The highest BCUT2D eigenvalue weighted by molar-refractivity contribution is 6.30. The Morgan fingerprint density at radius 1 is 1.00 bits per heavy atom. The predicted molar refractivity (Wildman–Crippen MR) is 69.9 cm³/mol. The van der Waals surface area contributed by atoms with Crippen LogP contribution in [0.15, 0.2) is 29.2 Å². The van der Waals surface area contributed by atoms with Crippen LogP contribution in [-0.4, -0.2) is 9.55 Å². The van der Waals surface area contributed by atoms with Crippen molar-refractivity contribution < 1.29 is 26.3 Å². The van der Waals surface area contributed by atoms with E-state index in [9.17, 15) is 31.1 Å². The molecule has 0 aliphatic carbocycles. The summed E-state index contributed by atoms with van der Waals surface area (Å²) in [4.78, 5) is 15.1. The first kappa shape index (κ1) is 17.6. The molecule has 0 aliphatic rings. The van der Waals surface area contributed by atoms with Gasteiger partial charge in [0, 0.05) is 6.20 Å². The summed E-state index contributed by atoms with van der Waals surface area (Å²) in [7, 11) is 0. The summed E-state index contributed by atoms with van der Waals surface area (Å²) in [5.74, 6) is -0.527. The van der Waals surface area contributed by atoms with Crippen molar-refractivity contribution in [2.75, 3.05) is 0 Å². The van der Waals surface area contributed by atoms with Gasteiger partial charge >= 0.3 is 12.4 Å². The average Bonchev–Trinajstić information content (AvgIpc) is 2.38. The molecule has 0 aliphatic heterocycles. The Hall–Kier alpha value is -1.74. The van der Waals surface area contributed by atoms with Gasteiger partial charge in [-0.1, -0.05) is 23.2 Å². The Kier molecular flexibility index (Phi) is 4.38. The maximum Gasteiger partial charge on any atom is 0.419 e. The lowest BCUT2D eigenvalue weighted by atomic mass is 10.2. The molecular formula is C12H4Cl2F6N2O. The zero-order valence-corrected chi connectivity index (χ0v) is 12.1. The number of nitrogens with zero attached hydrogens (tertiary/aromatic N) is 2. The summed E-state index contributed by atoms with van der Waals surface area (Å²) in [6, 6.07) is 1.63. The maximum atomic E-state index is 12.7. The van der Waals surface area contributed by atoms with Crippen LogP contribution in [-0.2, 0) is 12.4 Å². The van der Waals surface area contributed by atoms with Crippen LogP contribution in [0, 0.1) is 0 Å². The van der Waals surface area contributed by atoms with Gasteiger partial charge in [0.15, 0.2) is 0 Å². The second kappa shape index (κ2) is 5.72. The zero-order chi connectivity index (χ0) is 17.6. The molecule has 3 nitrogen and oxygen atoms in total. The summed E-state index contributed by atoms with van der Waals surface area (Å²) in [6.45, 7) is 0. The molecule has 0 amide bonds. The van der Waals surface area contributed by atoms with Gasteiger partial charge in [-0.25, -0.2) is 4.98 Å². The molecule has 2 aromatic heterocycles. The summed E-state index contributed by atoms with van der Waals surface area (Å²) < 4.78 is 76.3. The van der Waals surface area contributed by atoms with Crippen molar-refractivity contribution in [3.63, 3.8) is 0 Å². The van der Waals surface area contributed by atoms with Gasteiger partial charge in [-0.3, -0.25) is 9.36 Å². The monoisotopic (exact) mass is 376 g/mol. The van der Waals surface area contributed by atoms with E-state index >= 15 is 0 Å². The van der Waals surface area contributed by atoms with Gasteiger partial charge in [-0.05, 0) is 18.2 Å². The van der Waals surface area contributed by atoms with E-state index < -0.39 is 45.0 Å². The van der Waals surface area contributed by atoms with Crippen LogP contribution in [0.25, 0.3) is 5.82 Å². The lowest BCUT2D eigenvalue weighted by molar-refractivity contribution is -0.138. The first-order chi connectivity index (χ1) is 10.4. The molecule has 0 aromatic carbocycles. The van der Waals surface area contributed by atoms with Gasteiger partial charge in [-0.15, -0.1) is 0 Å². The molecule has 0 N–H and O–H groups in total. The molecule has 0 unspecified atom stereocenters. The SMILES string of the molecule is O=c1c(Cl)cc(C(F)(F)F)cn1-c1ccc(C(F)(F)F)c(Cl)n1. The van der Waals surface area contributed by atoms with Crippen LogP contribution in [0.2, 0.25) is 10.2 Å². The van der Waals surface area contributed by atoms with E-state index in [1.54, 1.807) is 0 Å². The third kappa shape index (κ3) is 3.61. The molecule has 0 radical (unpaired) electrons. The Bertz CT molecular complexity index is 813. The van der Waals surface area contributed by atoms with E-state index in [-0.39, 0.29) is 0 Å². The standard InChI is InChI=1S/C12H4Cl2F6N2O/c13-7-3-5(11(15,16)17)4-22(10(7)23)8-2-1-6(9(14)21-8)12(18,19)20/h1-4H. The van der Waals surface area contributed by atoms with Crippen LogP contribution in [0.3, 0.4) is 0 Å². The van der Waals surface area contributed by atoms with Crippen LogP contribution in [0.1, 0.15) is 11.1 Å². The van der Waals surface area contributed by atoms with Gasteiger partial charge in [-0.2, -0.15) is 26.3 Å². The molecule has 0 bridgehead atoms. The van der Waals surface area contributed by atoms with Crippen molar-refractivity contribution in [3.8, 4) is 5.82 Å². The van der Waals surface area contributed by atoms with Gasteiger partial charge in [0.05, 0.1) is 11.1 Å². The van der Waals surface area contributed by atoms with Gasteiger partial charge in [0.1, 0.15) is 16.0 Å². The minimum absolute atomic E-state index is 0.372. The average molecular weight is 377 g/mol. The van der Waals surface area contributed by atoms with Crippen LogP contribution in [0.4, 0.5) is 26.3 Å². The molecule has 124 valence electrons.